The van der Waals surface area contributed by atoms with Crippen molar-refractivity contribution in [2.75, 3.05) is 23.6 Å². The summed E-state index contributed by atoms with van der Waals surface area (Å²) in [6, 6.07) is 8.53. The molecule has 0 aliphatic carbocycles. The molecule has 0 radical (unpaired) electrons. The van der Waals surface area contributed by atoms with Gasteiger partial charge in [-0.05, 0) is 44.5 Å². The van der Waals surface area contributed by atoms with E-state index in [1.165, 1.54) is 0 Å². The van der Waals surface area contributed by atoms with E-state index in [0.29, 0.717) is 30.8 Å². The van der Waals surface area contributed by atoms with Crippen LogP contribution in [0.1, 0.15) is 43.1 Å². The second-order valence-corrected chi connectivity index (χ2v) is 8.88. The molecule has 0 bridgehead atoms. The van der Waals surface area contributed by atoms with Crippen LogP contribution in [0.4, 0.5) is 18.9 Å². The van der Waals surface area contributed by atoms with Crippen LogP contribution in [0.25, 0.3) is 0 Å². The first kappa shape index (κ1) is 23.5. The fourth-order valence-electron chi connectivity index (χ4n) is 3.97. The van der Waals surface area contributed by atoms with E-state index in [1.807, 2.05) is 47.9 Å². The van der Waals surface area contributed by atoms with Gasteiger partial charge in [0, 0.05) is 66.4 Å². The summed E-state index contributed by atoms with van der Waals surface area (Å²) in [4.78, 5) is 16.8. The van der Waals surface area contributed by atoms with Crippen LogP contribution in [0.3, 0.4) is 0 Å². The fraction of sp³-hybridized carbons (Fsp3) is 0.435. The zero-order valence-corrected chi connectivity index (χ0v) is 18.8. The zero-order chi connectivity index (χ0) is 22.5. The van der Waals surface area contributed by atoms with Gasteiger partial charge in [0.25, 0.3) is 5.91 Å². The number of nitrogens with zero attached hydrogens (tertiary/aromatic N) is 2. The average Bonchev–Trinajstić information content (AvgIpc) is 2.71. The molecular weight excluding hydrogens is 423 g/mol. The number of halogens is 3. The predicted octanol–water partition coefficient (Wildman–Crippen LogP) is 5.31. The highest BCUT2D eigenvalue weighted by Gasteiger charge is 2.34. The van der Waals surface area contributed by atoms with Crippen LogP contribution >= 0.6 is 11.9 Å². The Hall–Kier alpha value is -2.19. The van der Waals surface area contributed by atoms with E-state index in [-0.39, 0.29) is 30.1 Å². The van der Waals surface area contributed by atoms with Crippen LogP contribution in [0.2, 0.25) is 0 Å². The summed E-state index contributed by atoms with van der Waals surface area (Å²) in [6.07, 6.45) is 1.08. The molecule has 8 heteroatoms. The minimum atomic E-state index is -0.930. The van der Waals surface area contributed by atoms with Crippen molar-refractivity contribution in [3.05, 3.63) is 65.0 Å². The Morgan fingerprint density at radius 2 is 1.65 bits per heavy atom. The van der Waals surface area contributed by atoms with Crippen LogP contribution in [0.5, 0.6) is 0 Å². The number of nitrogens with one attached hydrogen (secondary N) is 1. The van der Waals surface area contributed by atoms with Gasteiger partial charge in [0.2, 0.25) is 0 Å². The number of hydrogen-bond donors (Lipinski definition) is 1. The maximum Gasteiger partial charge on any atom is 0.254 e. The first-order valence-electron chi connectivity index (χ1n) is 10.5. The lowest BCUT2D eigenvalue weighted by Gasteiger charge is -2.44. The van der Waals surface area contributed by atoms with Crippen molar-refractivity contribution in [3.63, 3.8) is 0 Å². The number of piperazine rings is 1. The van der Waals surface area contributed by atoms with Crippen LogP contribution < -0.4 is 4.72 Å². The van der Waals surface area contributed by atoms with Gasteiger partial charge in [0.15, 0.2) is 0 Å². The maximum absolute atomic E-state index is 14.0. The molecule has 1 aliphatic rings. The second-order valence-electron chi connectivity index (χ2n) is 7.98. The standard InChI is InChI=1S/C23H28F3N3OS/c1-4-9-31-27-19-7-5-17(6-8-19)23(30)29-15(2)12-28(13-16(29)3)14-20-21(25)10-18(24)11-22(20)26/h5-8,10-11,15-16,27H,4,9,12-14H2,1-3H3. The molecule has 1 aliphatic heterocycles. The Balaban J connectivity index is 1.65. The summed E-state index contributed by atoms with van der Waals surface area (Å²) in [7, 11) is 0. The highest BCUT2D eigenvalue weighted by atomic mass is 32.2. The van der Waals surface area contributed by atoms with Gasteiger partial charge in [-0.3, -0.25) is 9.69 Å². The smallest absolute Gasteiger partial charge is 0.254 e. The van der Waals surface area contributed by atoms with Gasteiger partial charge in [-0.25, -0.2) is 13.2 Å². The van der Waals surface area contributed by atoms with E-state index in [9.17, 15) is 18.0 Å². The summed E-state index contributed by atoms with van der Waals surface area (Å²) >= 11 is 1.63. The van der Waals surface area contributed by atoms with E-state index in [4.69, 9.17) is 0 Å². The molecule has 3 rings (SSSR count). The molecule has 1 amide bonds. The van der Waals surface area contributed by atoms with Crippen molar-refractivity contribution in [1.29, 1.82) is 0 Å². The van der Waals surface area contributed by atoms with E-state index in [0.717, 1.165) is 17.9 Å². The molecule has 1 saturated heterocycles. The van der Waals surface area contributed by atoms with Gasteiger partial charge in [0.05, 0.1) is 0 Å². The van der Waals surface area contributed by atoms with Crippen LogP contribution in [-0.4, -0.2) is 46.6 Å². The SMILES string of the molecule is CCCSNc1ccc(C(=O)N2C(C)CN(Cc3c(F)cc(F)cc3F)CC2C)cc1. The molecule has 2 unspecified atom stereocenters. The zero-order valence-electron chi connectivity index (χ0n) is 18.0. The third-order valence-corrected chi connectivity index (χ3v) is 6.34. The molecule has 2 atom stereocenters. The molecule has 1 N–H and O–H groups in total. The molecule has 0 aromatic heterocycles. The topological polar surface area (TPSA) is 35.6 Å². The van der Waals surface area contributed by atoms with E-state index in [1.54, 1.807) is 11.9 Å². The van der Waals surface area contributed by atoms with Gasteiger partial charge < -0.3 is 9.62 Å². The molecule has 2 aromatic rings. The first-order valence-corrected chi connectivity index (χ1v) is 11.4. The van der Waals surface area contributed by atoms with Crippen molar-refractivity contribution in [2.45, 2.75) is 45.8 Å². The molecular formula is C23H28F3N3OS. The number of carbonyl (C=O) groups excluding carboxylic acids is 1. The minimum Gasteiger partial charge on any atom is -0.331 e. The van der Waals surface area contributed by atoms with Gasteiger partial charge >= 0.3 is 0 Å². The third-order valence-electron chi connectivity index (χ3n) is 5.34. The Morgan fingerprint density at radius 3 is 2.19 bits per heavy atom. The quantitative estimate of drug-likeness (QED) is 0.457. The van der Waals surface area contributed by atoms with Crippen molar-refractivity contribution in [2.24, 2.45) is 0 Å². The Kier molecular flexibility index (Phi) is 7.89. The van der Waals surface area contributed by atoms with Gasteiger partial charge in [-0.1, -0.05) is 18.9 Å². The summed E-state index contributed by atoms with van der Waals surface area (Å²) in [5, 5.41) is 0. The number of rotatable bonds is 7. The van der Waals surface area contributed by atoms with Crippen LogP contribution in [0, 0.1) is 17.5 Å². The Bertz CT molecular complexity index is 874. The average molecular weight is 452 g/mol. The largest absolute Gasteiger partial charge is 0.331 e. The van der Waals surface area contributed by atoms with Gasteiger partial charge in [-0.15, -0.1) is 0 Å². The number of amides is 1. The van der Waals surface area contributed by atoms with E-state index >= 15 is 0 Å². The molecule has 4 nitrogen and oxygen atoms in total. The normalized spacial score (nSPS) is 19.5. The lowest BCUT2D eigenvalue weighted by Crippen LogP contribution is -2.58. The highest BCUT2D eigenvalue weighted by molar-refractivity contribution is 8.00. The number of anilines is 1. The molecule has 168 valence electrons. The Morgan fingerprint density at radius 1 is 1.06 bits per heavy atom. The monoisotopic (exact) mass is 451 g/mol. The number of carbonyl (C=O) groups is 1. The minimum absolute atomic E-state index is 0.0322. The van der Waals surface area contributed by atoms with Crippen molar-refractivity contribution < 1.29 is 18.0 Å². The summed E-state index contributed by atoms with van der Waals surface area (Å²) in [5.74, 6) is -1.76. The molecule has 2 aromatic carbocycles. The third kappa shape index (κ3) is 5.74. The number of hydrogen-bond acceptors (Lipinski definition) is 4. The van der Waals surface area contributed by atoms with Gasteiger partial charge in [-0.2, -0.15) is 0 Å². The lowest BCUT2D eigenvalue weighted by molar-refractivity contribution is 0.0262. The predicted molar refractivity (Wildman–Crippen MR) is 120 cm³/mol. The fourth-order valence-corrected chi connectivity index (χ4v) is 4.58. The highest BCUT2D eigenvalue weighted by Crippen LogP contribution is 2.24. The van der Waals surface area contributed by atoms with Crippen LogP contribution in [-0.2, 0) is 6.54 Å². The molecule has 1 heterocycles. The summed E-state index contributed by atoms with van der Waals surface area (Å²) in [5.41, 5.74) is 1.41. The summed E-state index contributed by atoms with van der Waals surface area (Å²) < 4.78 is 44.5. The first-order chi connectivity index (χ1) is 14.8. The number of benzene rings is 2. The molecule has 0 saturated carbocycles. The van der Waals surface area contributed by atoms with Crippen molar-refractivity contribution in [1.82, 2.24) is 9.80 Å². The molecule has 31 heavy (non-hydrogen) atoms. The summed E-state index contributed by atoms with van der Waals surface area (Å²) in [6.45, 7) is 6.94. The molecule has 0 spiro atoms. The van der Waals surface area contributed by atoms with Crippen molar-refractivity contribution >= 4 is 23.5 Å². The lowest BCUT2D eigenvalue weighted by atomic mass is 10.0. The Labute approximate surface area is 185 Å². The van der Waals surface area contributed by atoms with Gasteiger partial charge in [0.1, 0.15) is 17.5 Å². The molecule has 1 fully saturated rings. The second kappa shape index (κ2) is 10.4. The van der Waals surface area contributed by atoms with E-state index < -0.39 is 17.5 Å². The maximum atomic E-state index is 14.0. The van der Waals surface area contributed by atoms with Crippen molar-refractivity contribution in [3.8, 4) is 0 Å². The van der Waals surface area contributed by atoms with Crippen LogP contribution in [0.15, 0.2) is 36.4 Å². The van der Waals surface area contributed by atoms with E-state index in [2.05, 4.69) is 11.6 Å².